The van der Waals surface area contributed by atoms with Crippen molar-refractivity contribution in [3.05, 3.63) is 33.9 Å². The van der Waals surface area contributed by atoms with Crippen molar-refractivity contribution in [2.45, 2.75) is 19.8 Å². The number of nitriles is 1. The van der Waals surface area contributed by atoms with E-state index in [2.05, 4.69) is 5.32 Å². The van der Waals surface area contributed by atoms with Gasteiger partial charge < -0.3 is 10.4 Å². The molecule has 19 heavy (non-hydrogen) atoms. The molecule has 6 heteroatoms. The normalized spacial score (nSPS) is 11.6. The predicted molar refractivity (Wildman–Crippen MR) is 71.8 cm³/mol. The number of hydrogen-bond donors (Lipinski definition) is 2. The highest BCUT2D eigenvalue weighted by Crippen LogP contribution is 2.27. The Hall–Kier alpha value is -2.13. The number of para-hydroxylation sites is 1. The molecule has 0 saturated heterocycles. The summed E-state index contributed by atoms with van der Waals surface area (Å²) in [5.41, 5.74) is 0.236. The number of aliphatic hydroxyl groups excluding tert-OH is 1. The van der Waals surface area contributed by atoms with Gasteiger partial charge in [0, 0.05) is 13.2 Å². The van der Waals surface area contributed by atoms with E-state index in [1.807, 2.05) is 13.0 Å². The van der Waals surface area contributed by atoms with E-state index in [9.17, 15) is 10.1 Å². The molecule has 0 fully saturated rings. The topological polar surface area (TPSA) is 99.2 Å². The van der Waals surface area contributed by atoms with Crippen molar-refractivity contribution in [3.8, 4) is 6.07 Å². The summed E-state index contributed by atoms with van der Waals surface area (Å²) in [7, 11) is 0. The predicted octanol–water partition coefficient (Wildman–Crippen LogP) is 2.29. The number of nitrogens with one attached hydrogen (secondary N) is 1. The zero-order valence-electron chi connectivity index (χ0n) is 10.8. The second kappa shape index (κ2) is 7.34. The molecular formula is C13H17N3O3. The minimum absolute atomic E-state index is 0.0544. The molecule has 0 radical (unpaired) electrons. The van der Waals surface area contributed by atoms with E-state index in [1.165, 1.54) is 6.07 Å². The van der Waals surface area contributed by atoms with Gasteiger partial charge in [0.05, 0.1) is 4.92 Å². The van der Waals surface area contributed by atoms with Crippen LogP contribution >= 0.6 is 0 Å². The number of benzene rings is 1. The van der Waals surface area contributed by atoms with Crippen molar-refractivity contribution in [2.75, 3.05) is 18.5 Å². The van der Waals surface area contributed by atoms with Crippen LogP contribution in [-0.2, 0) is 0 Å². The quantitative estimate of drug-likeness (QED) is 0.446. The Morgan fingerprint density at radius 3 is 2.89 bits per heavy atom. The lowest BCUT2D eigenvalue weighted by atomic mass is 10.1. The van der Waals surface area contributed by atoms with Crippen molar-refractivity contribution in [1.82, 2.24) is 0 Å². The number of aliphatic hydroxyl groups is 1. The number of anilines is 1. The monoisotopic (exact) mass is 263 g/mol. The van der Waals surface area contributed by atoms with Crippen LogP contribution in [0, 0.1) is 27.4 Å². The van der Waals surface area contributed by atoms with Gasteiger partial charge in [0.2, 0.25) is 0 Å². The average molecular weight is 263 g/mol. The maximum Gasteiger partial charge on any atom is 0.309 e. The van der Waals surface area contributed by atoms with E-state index in [0.29, 0.717) is 12.2 Å². The molecule has 0 aliphatic carbocycles. The minimum atomic E-state index is -0.544. The van der Waals surface area contributed by atoms with Crippen LogP contribution < -0.4 is 5.32 Å². The van der Waals surface area contributed by atoms with Crippen molar-refractivity contribution < 1.29 is 10.0 Å². The molecule has 0 aliphatic rings. The van der Waals surface area contributed by atoms with Crippen LogP contribution in [-0.4, -0.2) is 23.2 Å². The maximum absolute atomic E-state index is 11.0. The molecule has 0 heterocycles. The number of rotatable bonds is 7. The van der Waals surface area contributed by atoms with Crippen molar-refractivity contribution in [2.24, 2.45) is 5.92 Å². The van der Waals surface area contributed by atoms with Gasteiger partial charge >= 0.3 is 5.69 Å². The first-order chi connectivity index (χ1) is 9.10. The lowest BCUT2D eigenvalue weighted by Crippen LogP contribution is -2.08. The third kappa shape index (κ3) is 4.23. The van der Waals surface area contributed by atoms with Crippen LogP contribution in [0.3, 0.4) is 0 Å². The smallest absolute Gasteiger partial charge is 0.309 e. The highest BCUT2D eigenvalue weighted by atomic mass is 16.6. The maximum atomic E-state index is 11.0. The highest BCUT2D eigenvalue weighted by molar-refractivity contribution is 5.68. The highest BCUT2D eigenvalue weighted by Gasteiger charge is 2.18. The molecule has 1 unspecified atom stereocenters. The van der Waals surface area contributed by atoms with Crippen LogP contribution in [0.1, 0.15) is 25.3 Å². The molecule has 0 spiro atoms. The summed E-state index contributed by atoms with van der Waals surface area (Å²) in [6.45, 7) is 2.66. The van der Waals surface area contributed by atoms with E-state index in [4.69, 9.17) is 10.4 Å². The molecule has 0 aromatic heterocycles. The standard InChI is InChI=1S/C13H17N3O3/c1-10(9-17)4-3-7-15-12-6-2-5-11(8-14)13(12)16(18)19/h2,5-6,10,15,17H,3-4,7,9H2,1H3. The second-order valence-corrected chi connectivity index (χ2v) is 4.43. The Kier molecular flexibility index (Phi) is 5.76. The van der Waals surface area contributed by atoms with E-state index in [1.54, 1.807) is 12.1 Å². The molecule has 1 atom stereocenters. The largest absolute Gasteiger partial charge is 0.396 e. The summed E-state index contributed by atoms with van der Waals surface area (Å²) in [5.74, 6) is 0.224. The van der Waals surface area contributed by atoms with E-state index >= 15 is 0 Å². The van der Waals surface area contributed by atoms with Gasteiger partial charge in [0.25, 0.3) is 0 Å². The van der Waals surface area contributed by atoms with Crippen molar-refractivity contribution >= 4 is 11.4 Å². The number of nitro benzene ring substituents is 1. The fourth-order valence-electron chi connectivity index (χ4n) is 1.74. The van der Waals surface area contributed by atoms with Gasteiger partial charge in [-0.25, -0.2) is 0 Å². The second-order valence-electron chi connectivity index (χ2n) is 4.43. The first kappa shape index (κ1) is 14.9. The van der Waals surface area contributed by atoms with E-state index in [0.717, 1.165) is 12.8 Å². The third-order valence-corrected chi connectivity index (χ3v) is 2.84. The Morgan fingerprint density at radius 1 is 1.58 bits per heavy atom. The summed E-state index contributed by atoms with van der Waals surface area (Å²) in [5, 5.41) is 31.7. The van der Waals surface area contributed by atoms with E-state index in [-0.39, 0.29) is 23.8 Å². The average Bonchev–Trinajstić information content (AvgIpc) is 2.42. The van der Waals surface area contributed by atoms with Gasteiger partial charge in [-0.05, 0) is 30.9 Å². The molecule has 102 valence electrons. The summed E-state index contributed by atoms with van der Waals surface area (Å²) < 4.78 is 0. The molecule has 1 aromatic rings. The summed E-state index contributed by atoms with van der Waals surface area (Å²) >= 11 is 0. The number of nitrogens with zero attached hydrogens (tertiary/aromatic N) is 2. The number of nitro groups is 1. The van der Waals surface area contributed by atoms with Gasteiger partial charge in [0.15, 0.2) is 0 Å². The Labute approximate surface area is 111 Å². The first-order valence-corrected chi connectivity index (χ1v) is 6.12. The van der Waals surface area contributed by atoms with E-state index < -0.39 is 4.92 Å². The summed E-state index contributed by atoms with van der Waals surface area (Å²) in [6, 6.07) is 6.46. The van der Waals surface area contributed by atoms with Crippen LogP contribution in [0.15, 0.2) is 18.2 Å². The fraction of sp³-hybridized carbons (Fsp3) is 0.462. The Morgan fingerprint density at radius 2 is 2.32 bits per heavy atom. The van der Waals surface area contributed by atoms with Crippen LogP contribution in [0.2, 0.25) is 0 Å². The molecular weight excluding hydrogens is 246 g/mol. The lowest BCUT2D eigenvalue weighted by molar-refractivity contribution is -0.384. The molecule has 2 N–H and O–H groups in total. The Bertz CT molecular complexity index is 483. The third-order valence-electron chi connectivity index (χ3n) is 2.84. The molecule has 1 rings (SSSR count). The first-order valence-electron chi connectivity index (χ1n) is 6.12. The van der Waals surface area contributed by atoms with Gasteiger partial charge in [-0.15, -0.1) is 0 Å². The lowest BCUT2D eigenvalue weighted by Gasteiger charge is -2.10. The van der Waals surface area contributed by atoms with Gasteiger partial charge in [-0.1, -0.05) is 13.0 Å². The molecule has 6 nitrogen and oxygen atoms in total. The summed E-state index contributed by atoms with van der Waals surface area (Å²) in [4.78, 5) is 10.4. The van der Waals surface area contributed by atoms with Crippen molar-refractivity contribution in [1.29, 1.82) is 5.26 Å². The van der Waals surface area contributed by atoms with Gasteiger partial charge in [0.1, 0.15) is 17.3 Å². The fourth-order valence-corrected chi connectivity index (χ4v) is 1.74. The van der Waals surface area contributed by atoms with Crippen LogP contribution in [0.5, 0.6) is 0 Å². The molecule has 0 aliphatic heterocycles. The van der Waals surface area contributed by atoms with Crippen molar-refractivity contribution in [3.63, 3.8) is 0 Å². The number of hydrogen-bond acceptors (Lipinski definition) is 5. The minimum Gasteiger partial charge on any atom is -0.396 e. The Balaban J connectivity index is 2.69. The summed E-state index contributed by atoms with van der Waals surface area (Å²) in [6.07, 6.45) is 1.64. The van der Waals surface area contributed by atoms with Gasteiger partial charge in [-0.3, -0.25) is 10.1 Å². The van der Waals surface area contributed by atoms with Crippen LogP contribution in [0.4, 0.5) is 11.4 Å². The zero-order chi connectivity index (χ0) is 14.3. The van der Waals surface area contributed by atoms with Crippen LogP contribution in [0.25, 0.3) is 0 Å². The van der Waals surface area contributed by atoms with Gasteiger partial charge in [-0.2, -0.15) is 5.26 Å². The zero-order valence-corrected chi connectivity index (χ0v) is 10.8. The molecule has 0 amide bonds. The molecule has 1 aromatic carbocycles. The molecule has 0 saturated carbocycles. The molecule has 0 bridgehead atoms. The SMILES string of the molecule is CC(CO)CCCNc1cccc(C#N)c1[N+](=O)[O-].